The number of rotatable bonds is 2. The number of benzene rings is 1. The molecule has 1 N–H and O–H groups in total. The summed E-state index contributed by atoms with van der Waals surface area (Å²) in [6.07, 6.45) is 2.58. The van der Waals surface area contributed by atoms with E-state index in [2.05, 4.69) is 36.5 Å². The molecule has 3 nitrogen and oxygen atoms in total. The summed E-state index contributed by atoms with van der Waals surface area (Å²) < 4.78 is 0. The van der Waals surface area contributed by atoms with Crippen LogP contribution >= 0.6 is 0 Å². The first-order valence-corrected chi connectivity index (χ1v) is 6.99. The van der Waals surface area contributed by atoms with Gasteiger partial charge in [0.2, 0.25) is 0 Å². The second-order valence-corrected chi connectivity index (χ2v) is 5.61. The molecule has 0 atom stereocenters. The first kappa shape index (κ1) is 11.1. The fourth-order valence-electron chi connectivity index (χ4n) is 2.80. The van der Waals surface area contributed by atoms with E-state index < -0.39 is 0 Å². The Balaban J connectivity index is 1.87. The van der Waals surface area contributed by atoms with Crippen LogP contribution in [0.3, 0.4) is 0 Å². The molecule has 2 aliphatic rings. The van der Waals surface area contributed by atoms with Crippen LogP contribution in [0.4, 0.5) is 0 Å². The average molecular weight is 251 g/mol. The fourth-order valence-corrected chi connectivity index (χ4v) is 2.80. The van der Waals surface area contributed by atoms with E-state index in [4.69, 9.17) is 9.97 Å². The van der Waals surface area contributed by atoms with Crippen molar-refractivity contribution in [3.8, 4) is 11.4 Å². The Bertz CT molecular complexity index is 644. The standard InChI is InChI=1S/C16H17N3/c1-10-3-2-4-12(7-10)16-18-14-9-17-8-13(14)15(19-16)11-5-6-11/h2-4,7,11,17H,5-6,8-9H2,1H3. The summed E-state index contributed by atoms with van der Waals surface area (Å²) in [6, 6.07) is 8.46. The summed E-state index contributed by atoms with van der Waals surface area (Å²) in [5.41, 5.74) is 6.25. The van der Waals surface area contributed by atoms with Gasteiger partial charge >= 0.3 is 0 Å². The number of aromatic nitrogens is 2. The molecule has 0 spiro atoms. The minimum absolute atomic E-state index is 0.681. The number of nitrogens with zero attached hydrogens (tertiary/aromatic N) is 2. The zero-order valence-electron chi connectivity index (χ0n) is 11.1. The molecule has 0 saturated heterocycles. The van der Waals surface area contributed by atoms with Crippen molar-refractivity contribution < 1.29 is 0 Å². The lowest BCUT2D eigenvalue weighted by Crippen LogP contribution is -2.02. The van der Waals surface area contributed by atoms with Gasteiger partial charge in [-0.25, -0.2) is 9.97 Å². The molecule has 0 unspecified atom stereocenters. The minimum atomic E-state index is 0.681. The van der Waals surface area contributed by atoms with Gasteiger partial charge in [0.15, 0.2) is 5.82 Å². The van der Waals surface area contributed by atoms with E-state index in [1.54, 1.807) is 0 Å². The minimum Gasteiger partial charge on any atom is -0.307 e. The zero-order valence-corrected chi connectivity index (χ0v) is 11.1. The van der Waals surface area contributed by atoms with Gasteiger partial charge in [0.25, 0.3) is 0 Å². The van der Waals surface area contributed by atoms with Crippen LogP contribution in [0.2, 0.25) is 0 Å². The molecule has 2 heterocycles. The molecule has 0 radical (unpaired) electrons. The second-order valence-electron chi connectivity index (χ2n) is 5.61. The SMILES string of the molecule is Cc1cccc(-c2nc3c(c(C4CC4)n2)CNC3)c1. The molecule has 1 aliphatic carbocycles. The molecule has 1 aliphatic heterocycles. The Kier molecular flexibility index (Phi) is 2.42. The normalized spacial score (nSPS) is 17.5. The van der Waals surface area contributed by atoms with Gasteiger partial charge in [0, 0.05) is 30.1 Å². The number of hydrogen-bond donors (Lipinski definition) is 1. The Morgan fingerprint density at radius 3 is 2.84 bits per heavy atom. The van der Waals surface area contributed by atoms with Crippen LogP contribution in [0.5, 0.6) is 0 Å². The summed E-state index contributed by atoms with van der Waals surface area (Å²) in [5.74, 6) is 1.58. The third-order valence-electron chi connectivity index (χ3n) is 3.96. The van der Waals surface area contributed by atoms with Gasteiger partial charge in [-0.1, -0.05) is 23.8 Å². The van der Waals surface area contributed by atoms with Crippen molar-refractivity contribution in [3.05, 3.63) is 46.8 Å². The van der Waals surface area contributed by atoms with Crippen LogP contribution in [0.25, 0.3) is 11.4 Å². The lowest BCUT2D eigenvalue weighted by Gasteiger charge is -2.09. The molecule has 4 rings (SSSR count). The summed E-state index contributed by atoms with van der Waals surface area (Å²) in [7, 11) is 0. The van der Waals surface area contributed by atoms with E-state index in [-0.39, 0.29) is 0 Å². The summed E-state index contributed by atoms with van der Waals surface area (Å²) in [6.45, 7) is 3.94. The van der Waals surface area contributed by atoms with Crippen molar-refractivity contribution in [3.63, 3.8) is 0 Å². The molecule has 1 aromatic carbocycles. The van der Waals surface area contributed by atoms with Crippen molar-refractivity contribution in [1.29, 1.82) is 0 Å². The molecular weight excluding hydrogens is 234 g/mol. The first-order chi connectivity index (χ1) is 9.31. The van der Waals surface area contributed by atoms with Gasteiger partial charge in [-0.2, -0.15) is 0 Å². The molecular formula is C16H17N3. The third-order valence-corrected chi connectivity index (χ3v) is 3.96. The molecule has 0 amide bonds. The van der Waals surface area contributed by atoms with Crippen LogP contribution in [0.15, 0.2) is 24.3 Å². The highest BCUT2D eigenvalue weighted by molar-refractivity contribution is 5.57. The average Bonchev–Trinajstić information content (AvgIpc) is 3.15. The van der Waals surface area contributed by atoms with Crippen molar-refractivity contribution in [2.75, 3.05) is 0 Å². The Hall–Kier alpha value is -1.74. The fraction of sp³-hybridized carbons (Fsp3) is 0.375. The molecule has 0 bridgehead atoms. The summed E-state index contributed by atoms with van der Waals surface area (Å²) >= 11 is 0. The highest BCUT2D eigenvalue weighted by Gasteiger charge is 2.31. The van der Waals surface area contributed by atoms with Gasteiger partial charge in [0.1, 0.15) is 0 Å². The van der Waals surface area contributed by atoms with E-state index in [9.17, 15) is 0 Å². The summed E-state index contributed by atoms with van der Waals surface area (Å²) in [5, 5.41) is 3.40. The molecule has 1 saturated carbocycles. The maximum absolute atomic E-state index is 4.87. The molecule has 1 aromatic heterocycles. The number of aryl methyl sites for hydroxylation is 1. The van der Waals surface area contributed by atoms with Gasteiger partial charge in [0.05, 0.1) is 11.4 Å². The third kappa shape index (κ3) is 1.94. The second kappa shape index (κ2) is 4.14. The lowest BCUT2D eigenvalue weighted by molar-refractivity contribution is 0.755. The number of hydrogen-bond acceptors (Lipinski definition) is 3. The van der Waals surface area contributed by atoms with Crippen molar-refractivity contribution in [2.45, 2.75) is 38.8 Å². The van der Waals surface area contributed by atoms with Gasteiger partial charge in [-0.05, 0) is 25.8 Å². The van der Waals surface area contributed by atoms with Crippen LogP contribution in [-0.4, -0.2) is 9.97 Å². The van der Waals surface area contributed by atoms with Crippen LogP contribution in [0, 0.1) is 6.92 Å². The topological polar surface area (TPSA) is 37.8 Å². The predicted molar refractivity (Wildman–Crippen MR) is 74.7 cm³/mol. The highest BCUT2D eigenvalue weighted by Crippen LogP contribution is 2.42. The Morgan fingerprint density at radius 1 is 1.16 bits per heavy atom. The lowest BCUT2D eigenvalue weighted by atomic mass is 10.1. The van der Waals surface area contributed by atoms with E-state index in [0.29, 0.717) is 5.92 Å². The van der Waals surface area contributed by atoms with E-state index in [1.807, 2.05) is 0 Å². The summed E-state index contributed by atoms with van der Waals surface area (Å²) in [4.78, 5) is 9.63. The largest absolute Gasteiger partial charge is 0.307 e. The molecule has 96 valence electrons. The maximum atomic E-state index is 4.87. The first-order valence-electron chi connectivity index (χ1n) is 6.99. The van der Waals surface area contributed by atoms with Crippen LogP contribution in [0.1, 0.15) is 41.3 Å². The maximum Gasteiger partial charge on any atom is 0.159 e. The number of nitrogens with one attached hydrogen (secondary N) is 1. The van der Waals surface area contributed by atoms with Crippen molar-refractivity contribution in [2.24, 2.45) is 0 Å². The van der Waals surface area contributed by atoms with E-state index >= 15 is 0 Å². The number of fused-ring (bicyclic) bond motifs is 1. The van der Waals surface area contributed by atoms with E-state index in [1.165, 1.54) is 35.4 Å². The van der Waals surface area contributed by atoms with Gasteiger partial charge < -0.3 is 5.32 Å². The van der Waals surface area contributed by atoms with Crippen LogP contribution in [-0.2, 0) is 13.1 Å². The smallest absolute Gasteiger partial charge is 0.159 e. The van der Waals surface area contributed by atoms with E-state index in [0.717, 1.165) is 24.5 Å². The van der Waals surface area contributed by atoms with Crippen LogP contribution < -0.4 is 5.32 Å². The zero-order chi connectivity index (χ0) is 12.8. The quantitative estimate of drug-likeness (QED) is 0.891. The highest BCUT2D eigenvalue weighted by atomic mass is 15.0. The Morgan fingerprint density at radius 2 is 2.05 bits per heavy atom. The predicted octanol–water partition coefficient (Wildman–Crippen LogP) is 2.93. The van der Waals surface area contributed by atoms with Crippen molar-refractivity contribution >= 4 is 0 Å². The molecule has 1 fully saturated rings. The molecule has 2 aromatic rings. The van der Waals surface area contributed by atoms with Gasteiger partial charge in [-0.15, -0.1) is 0 Å². The van der Waals surface area contributed by atoms with Gasteiger partial charge in [-0.3, -0.25) is 0 Å². The van der Waals surface area contributed by atoms with Crippen molar-refractivity contribution in [1.82, 2.24) is 15.3 Å². The molecule has 19 heavy (non-hydrogen) atoms. The Labute approximate surface area is 113 Å². The monoisotopic (exact) mass is 251 g/mol. The molecule has 3 heteroatoms.